The van der Waals surface area contributed by atoms with Crippen LogP contribution in [0, 0.1) is 0 Å². The van der Waals surface area contributed by atoms with Crippen molar-refractivity contribution < 1.29 is 23.7 Å². The smallest absolute Gasteiger partial charge is 0.257 e. The zero-order chi connectivity index (χ0) is 18.7. The topological polar surface area (TPSA) is 78.1 Å². The van der Waals surface area contributed by atoms with Gasteiger partial charge in [0.15, 0.2) is 16.6 Å². The van der Waals surface area contributed by atoms with Gasteiger partial charge in [0.2, 0.25) is 6.79 Å². The first-order valence-corrected chi connectivity index (χ1v) is 8.24. The number of thiocarbonyl (C=S) groups is 1. The first-order valence-electron chi connectivity index (χ1n) is 7.45. The van der Waals surface area contributed by atoms with Crippen LogP contribution in [0.3, 0.4) is 0 Å². The summed E-state index contributed by atoms with van der Waals surface area (Å²) in [5.41, 5.74) is 0.892. The highest BCUT2D eigenvalue weighted by molar-refractivity contribution is 7.80. The molecule has 0 atom stereocenters. The van der Waals surface area contributed by atoms with Gasteiger partial charge in [0.05, 0.1) is 24.9 Å². The Morgan fingerprint density at radius 2 is 1.85 bits per heavy atom. The minimum atomic E-state index is -0.388. The van der Waals surface area contributed by atoms with Crippen LogP contribution >= 0.6 is 23.8 Å². The first-order chi connectivity index (χ1) is 12.5. The molecular weight excluding hydrogens is 380 g/mol. The number of fused-ring (bicyclic) bond motifs is 1. The third-order valence-corrected chi connectivity index (χ3v) is 4.08. The largest absolute Gasteiger partial charge is 0.495 e. The van der Waals surface area contributed by atoms with E-state index in [1.54, 1.807) is 30.3 Å². The molecule has 3 rings (SSSR count). The second kappa shape index (κ2) is 7.67. The minimum Gasteiger partial charge on any atom is -0.495 e. The van der Waals surface area contributed by atoms with Crippen molar-refractivity contribution in [2.75, 3.05) is 26.3 Å². The van der Waals surface area contributed by atoms with Crippen LogP contribution in [-0.2, 0) is 0 Å². The van der Waals surface area contributed by atoms with E-state index in [0.717, 1.165) is 0 Å². The fourth-order valence-corrected chi connectivity index (χ4v) is 2.76. The first kappa shape index (κ1) is 18.1. The van der Waals surface area contributed by atoms with Crippen LogP contribution in [0.1, 0.15) is 10.4 Å². The summed E-state index contributed by atoms with van der Waals surface area (Å²) in [6.45, 7) is 0.137. The molecule has 136 valence electrons. The number of carbonyl (C=O) groups excluding carboxylic acids is 1. The molecule has 0 unspecified atom stereocenters. The predicted molar refractivity (Wildman–Crippen MR) is 101 cm³/mol. The second-order valence-corrected chi connectivity index (χ2v) is 5.98. The molecule has 2 aromatic carbocycles. The number of methoxy groups -OCH3 is 2. The van der Waals surface area contributed by atoms with Gasteiger partial charge in [-0.25, -0.2) is 0 Å². The molecule has 0 aliphatic carbocycles. The molecular formula is C17H15ClN2O5S. The summed E-state index contributed by atoms with van der Waals surface area (Å²) < 4.78 is 20.9. The van der Waals surface area contributed by atoms with Crippen LogP contribution in [0.5, 0.6) is 23.0 Å². The monoisotopic (exact) mass is 394 g/mol. The van der Waals surface area contributed by atoms with E-state index in [-0.39, 0.29) is 17.8 Å². The van der Waals surface area contributed by atoms with Crippen molar-refractivity contribution >= 4 is 40.5 Å². The van der Waals surface area contributed by atoms with E-state index >= 15 is 0 Å². The van der Waals surface area contributed by atoms with Crippen molar-refractivity contribution in [3.05, 3.63) is 40.9 Å². The van der Waals surface area contributed by atoms with Crippen LogP contribution in [0.15, 0.2) is 30.3 Å². The number of halogens is 1. The summed E-state index contributed by atoms with van der Waals surface area (Å²) in [5.74, 6) is 1.62. The Bertz CT molecular complexity index is 874. The maximum Gasteiger partial charge on any atom is 0.257 e. The van der Waals surface area contributed by atoms with Gasteiger partial charge in [-0.2, -0.15) is 0 Å². The molecule has 0 spiro atoms. The van der Waals surface area contributed by atoms with Crippen molar-refractivity contribution in [3.63, 3.8) is 0 Å². The number of hydrogen-bond acceptors (Lipinski definition) is 6. The maximum atomic E-state index is 12.4. The molecule has 9 heteroatoms. The molecule has 1 heterocycles. The Labute approximate surface area is 160 Å². The fourth-order valence-electron chi connectivity index (χ4n) is 2.32. The zero-order valence-electron chi connectivity index (χ0n) is 13.9. The highest BCUT2D eigenvalue weighted by Gasteiger charge is 2.17. The van der Waals surface area contributed by atoms with Gasteiger partial charge >= 0.3 is 0 Å². The normalized spacial score (nSPS) is 11.7. The van der Waals surface area contributed by atoms with Crippen LogP contribution < -0.4 is 29.6 Å². The molecule has 1 aliphatic rings. The van der Waals surface area contributed by atoms with Gasteiger partial charge in [0, 0.05) is 17.7 Å². The van der Waals surface area contributed by atoms with Crippen LogP contribution in [0.4, 0.5) is 5.69 Å². The number of ether oxygens (including phenoxy) is 4. The van der Waals surface area contributed by atoms with Gasteiger partial charge in [0.1, 0.15) is 11.5 Å². The molecule has 2 N–H and O–H groups in total. The van der Waals surface area contributed by atoms with E-state index in [9.17, 15) is 4.79 Å². The molecule has 1 amide bonds. The van der Waals surface area contributed by atoms with Crippen molar-refractivity contribution in [1.29, 1.82) is 0 Å². The number of anilines is 1. The summed E-state index contributed by atoms with van der Waals surface area (Å²) >= 11 is 11.3. The number of rotatable bonds is 4. The zero-order valence-corrected chi connectivity index (χ0v) is 15.5. The Morgan fingerprint density at radius 1 is 1.12 bits per heavy atom. The average molecular weight is 395 g/mol. The number of nitrogens with one attached hydrogen (secondary N) is 2. The standard InChI is InChI=1S/C17H15ClN2O5S/c1-22-13-7-11(14(23-2)6-10(13)18)19-17(26)20-16(21)9-3-4-12-15(5-9)25-8-24-12/h3-7H,8H2,1-2H3,(H2,19,20,21,26). The molecule has 0 saturated heterocycles. The number of amides is 1. The molecule has 7 nitrogen and oxygen atoms in total. The van der Waals surface area contributed by atoms with E-state index < -0.39 is 0 Å². The quantitative estimate of drug-likeness (QED) is 0.771. The van der Waals surface area contributed by atoms with Crippen LogP contribution in [0.2, 0.25) is 5.02 Å². The Kier molecular flexibility index (Phi) is 5.34. The minimum absolute atomic E-state index is 0.0929. The lowest BCUT2D eigenvalue weighted by Gasteiger charge is -2.15. The summed E-state index contributed by atoms with van der Waals surface area (Å²) in [7, 11) is 2.99. The highest BCUT2D eigenvalue weighted by Crippen LogP contribution is 2.36. The van der Waals surface area contributed by atoms with Crippen molar-refractivity contribution in [1.82, 2.24) is 5.32 Å². The maximum absolute atomic E-state index is 12.4. The predicted octanol–water partition coefficient (Wildman–Crippen LogP) is 3.21. The molecule has 0 aromatic heterocycles. The molecule has 26 heavy (non-hydrogen) atoms. The van der Waals surface area contributed by atoms with Crippen LogP contribution in [-0.4, -0.2) is 32.0 Å². The van der Waals surface area contributed by atoms with Crippen molar-refractivity contribution in [2.24, 2.45) is 0 Å². The van der Waals surface area contributed by atoms with Gasteiger partial charge in [0.25, 0.3) is 5.91 Å². The van der Waals surface area contributed by atoms with Crippen molar-refractivity contribution in [3.8, 4) is 23.0 Å². The number of carbonyl (C=O) groups is 1. The third-order valence-electron chi connectivity index (χ3n) is 3.58. The lowest BCUT2D eigenvalue weighted by Crippen LogP contribution is -2.34. The van der Waals surface area contributed by atoms with Crippen LogP contribution in [0.25, 0.3) is 0 Å². The second-order valence-electron chi connectivity index (χ2n) is 5.16. The molecule has 0 saturated carbocycles. The highest BCUT2D eigenvalue weighted by atomic mass is 35.5. The summed E-state index contributed by atoms with van der Waals surface area (Å²) in [6.07, 6.45) is 0. The molecule has 2 aromatic rings. The molecule has 0 fully saturated rings. The molecule has 0 bridgehead atoms. The van der Waals surface area contributed by atoms with E-state index in [2.05, 4.69) is 10.6 Å². The average Bonchev–Trinajstić information content (AvgIpc) is 3.10. The van der Waals surface area contributed by atoms with E-state index in [4.69, 9.17) is 42.8 Å². The Hall–Kier alpha value is -2.71. The number of hydrogen-bond donors (Lipinski definition) is 2. The van der Waals surface area contributed by atoms with Gasteiger partial charge in [-0.3, -0.25) is 10.1 Å². The third kappa shape index (κ3) is 3.76. The van der Waals surface area contributed by atoms with E-state index in [1.807, 2.05) is 0 Å². The van der Waals surface area contributed by atoms with Gasteiger partial charge < -0.3 is 24.3 Å². The van der Waals surface area contributed by atoms with Gasteiger partial charge in [-0.05, 0) is 30.4 Å². The van der Waals surface area contributed by atoms with Crippen molar-refractivity contribution in [2.45, 2.75) is 0 Å². The molecule has 1 aliphatic heterocycles. The van der Waals surface area contributed by atoms with Gasteiger partial charge in [-0.1, -0.05) is 11.6 Å². The summed E-state index contributed by atoms with van der Waals surface area (Å²) in [6, 6.07) is 8.09. The SMILES string of the molecule is COc1cc(NC(=S)NC(=O)c2ccc3c(c2)OCO3)c(OC)cc1Cl. The fraction of sp³-hybridized carbons (Fsp3) is 0.176. The van der Waals surface area contributed by atoms with E-state index in [0.29, 0.717) is 39.3 Å². The lowest BCUT2D eigenvalue weighted by molar-refractivity contribution is 0.0977. The summed E-state index contributed by atoms with van der Waals surface area (Å²) in [5, 5.41) is 5.98. The Balaban J connectivity index is 1.72. The number of benzene rings is 2. The van der Waals surface area contributed by atoms with Gasteiger partial charge in [-0.15, -0.1) is 0 Å². The lowest BCUT2D eigenvalue weighted by atomic mass is 10.2. The molecule has 0 radical (unpaired) electrons. The Morgan fingerprint density at radius 3 is 2.58 bits per heavy atom. The van der Waals surface area contributed by atoms with E-state index in [1.165, 1.54) is 14.2 Å². The summed E-state index contributed by atoms with van der Waals surface area (Å²) in [4.78, 5) is 12.4.